The summed E-state index contributed by atoms with van der Waals surface area (Å²) in [6.45, 7) is 18.4. The van der Waals surface area contributed by atoms with E-state index in [1.54, 1.807) is 0 Å². The van der Waals surface area contributed by atoms with Crippen LogP contribution in [0.3, 0.4) is 0 Å². The molecule has 4 heteroatoms. The largest absolute Gasteiger partial charge is 0.393 e. The molecule has 34 heavy (non-hydrogen) atoms. The van der Waals surface area contributed by atoms with Gasteiger partial charge in [-0.2, -0.15) is 0 Å². The summed E-state index contributed by atoms with van der Waals surface area (Å²) < 4.78 is 6.83. The number of rotatable bonds is 1. The van der Waals surface area contributed by atoms with Gasteiger partial charge >= 0.3 is 0 Å². The van der Waals surface area contributed by atoms with Gasteiger partial charge in [0.1, 0.15) is 0 Å². The SMILES string of the molecule is CC1(C)CCC[C@@](C)([C@H]2CC[C@]3(C)[C@@H]2[C@H](O)C[C@@H]2[C@@]4(C)CC[C@H](O)C(C)(C)[C@@H]4[C@H](O)C[C@]23C)O1. The third-order valence-electron chi connectivity index (χ3n) is 13.0. The molecule has 0 radical (unpaired) electrons. The van der Waals surface area contributed by atoms with Gasteiger partial charge in [-0.15, -0.1) is 0 Å². The first-order valence-electron chi connectivity index (χ1n) is 14.3. The van der Waals surface area contributed by atoms with E-state index in [0.717, 1.165) is 51.4 Å². The smallest absolute Gasteiger partial charge is 0.0693 e. The van der Waals surface area contributed by atoms with E-state index in [1.165, 1.54) is 6.42 Å². The zero-order valence-electron chi connectivity index (χ0n) is 23.2. The summed E-state index contributed by atoms with van der Waals surface area (Å²) in [5.74, 6) is 0.984. The van der Waals surface area contributed by atoms with Crippen molar-refractivity contribution in [2.45, 2.75) is 143 Å². The Bertz CT molecular complexity index is 823. The molecule has 1 heterocycles. The van der Waals surface area contributed by atoms with E-state index in [2.05, 4.69) is 55.4 Å². The lowest BCUT2D eigenvalue weighted by Gasteiger charge is -2.71. The van der Waals surface area contributed by atoms with Crippen molar-refractivity contribution < 1.29 is 20.1 Å². The van der Waals surface area contributed by atoms with E-state index in [4.69, 9.17) is 4.74 Å². The van der Waals surface area contributed by atoms with E-state index in [0.29, 0.717) is 11.8 Å². The average molecular weight is 477 g/mol. The summed E-state index contributed by atoms with van der Waals surface area (Å²) in [6, 6.07) is 0. The van der Waals surface area contributed by atoms with Crippen molar-refractivity contribution in [2.75, 3.05) is 0 Å². The van der Waals surface area contributed by atoms with Gasteiger partial charge in [0, 0.05) is 0 Å². The molecule has 3 N–H and O–H groups in total. The molecule has 11 atom stereocenters. The van der Waals surface area contributed by atoms with Gasteiger partial charge in [-0.1, -0.05) is 34.6 Å². The fourth-order valence-electron chi connectivity index (χ4n) is 11.5. The van der Waals surface area contributed by atoms with Gasteiger partial charge in [0.25, 0.3) is 0 Å². The summed E-state index contributed by atoms with van der Waals surface area (Å²) in [5, 5.41) is 34.6. The first-order chi connectivity index (χ1) is 15.5. The second kappa shape index (κ2) is 7.45. The summed E-state index contributed by atoms with van der Waals surface area (Å²) in [5.41, 5.74) is -0.739. The van der Waals surface area contributed by atoms with Crippen LogP contribution in [0.4, 0.5) is 0 Å². The molecule has 4 saturated carbocycles. The number of hydrogen-bond donors (Lipinski definition) is 3. The molecule has 0 aromatic heterocycles. The van der Waals surface area contributed by atoms with Gasteiger partial charge in [-0.25, -0.2) is 0 Å². The highest BCUT2D eigenvalue weighted by Crippen LogP contribution is 2.76. The van der Waals surface area contributed by atoms with Gasteiger partial charge in [0.15, 0.2) is 0 Å². The van der Waals surface area contributed by atoms with Gasteiger partial charge in [-0.05, 0) is 124 Å². The predicted molar refractivity (Wildman–Crippen MR) is 135 cm³/mol. The maximum atomic E-state index is 11.9. The maximum absolute atomic E-state index is 11.9. The second-order valence-corrected chi connectivity index (χ2v) is 15.5. The Labute approximate surface area is 208 Å². The monoisotopic (exact) mass is 476 g/mol. The van der Waals surface area contributed by atoms with Gasteiger partial charge in [0.2, 0.25) is 0 Å². The van der Waals surface area contributed by atoms with Crippen LogP contribution in [0.2, 0.25) is 0 Å². The fraction of sp³-hybridized carbons (Fsp3) is 1.00. The molecule has 5 rings (SSSR count). The van der Waals surface area contributed by atoms with Crippen LogP contribution < -0.4 is 0 Å². The van der Waals surface area contributed by atoms with E-state index >= 15 is 0 Å². The molecule has 0 aromatic carbocycles. The Morgan fingerprint density at radius 3 is 2.06 bits per heavy atom. The third-order valence-corrected chi connectivity index (χ3v) is 13.0. The molecule has 5 fully saturated rings. The average Bonchev–Trinajstić information content (AvgIpc) is 3.07. The zero-order valence-corrected chi connectivity index (χ0v) is 23.2. The van der Waals surface area contributed by atoms with Crippen molar-refractivity contribution in [1.29, 1.82) is 0 Å². The lowest BCUT2D eigenvalue weighted by molar-refractivity contribution is -0.279. The summed E-state index contributed by atoms with van der Waals surface area (Å²) in [4.78, 5) is 0. The molecule has 1 aliphatic heterocycles. The molecule has 4 aliphatic carbocycles. The molecule has 196 valence electrons. The zero-order chi connectivity index (χ0) is 25.1. The van der Waals surface area contributed by atoms with Crippen LogP contribution in [-0.2, 0) is 4.74 Å². The number of hydrogen-bond acceptors (Lipinski definition) is 4. The van der Waals surface area contributed by atoms with Gasteiger partial charge < -0.3 is 20.1 Å². The molecule has 4 nitrogen and oxygen atoms in total. The molecule has 5 aliphatic rings. The van der Waals surface area contributed by atoms with Crippen molar-refractivity contribution >= 4 is 0 Å². The van der Waals surface area contributed by atoms with Crippen molar-refractivity contribution in [1.82, 2.24) is 0 Å². The Morgan fingerprint density at radius 1 is 0.735 bits per heavy atom. The highest BCUT2D eigenvalue weighted by molar-refractivity contribution is 5.21. The minimum absolute atomic E-state index is 0.0247. The third kappa shape index (κ3) is 3.16. The molecule has 0 spiro atoms. The summed E-state index contributed by atoms with van der Waals surface area (Å²) in [7, 11) is 0. The quantitative estimate of drug-likeness (QED) is 0.453. The van der Waals surface area contributed by atoms with Crippen molar-refractivity contribution in [3.63, 3.8) is 0 Å². The lowest BCUT2D eigenvalue weighted by Crippen LogP contribution is -2.70. The highest BCUT2D eigenvalue weighted by Gasteiger charge is 2.73. The second-order valence-electron chi connectivity index (χ2n) is 15.5. The van der Waals surface area contributed by atoms with Crippen LogP contribution in [0.25, 0.3) is 0 Å². The minimum atomic E-state index is -0.414. The Morgan fingerprint density at radius 2 is 1.41 bits per heavy atom. The first-order valence-corrected chi connectivity index (χ1v) is 14.3. The molecule has 1 saturated heterocycles. The Hall–Kier alpha value is -0.160. The standard InChI is InChI=1S/C30H52O4/c1-25(2)12-9-13-30(8,34-25)18-10-15-28(6)23(18)19(31)16-21-27(5)14-11-22(33)26(3,4)24(27)20(32)17-29(21,28)7/h18-24,31-33H,9-17H2,1-8H3/t18-,19+,20+,21+,22-,23-,24-,27+,28+,29+,30-/m0/s1. The molecule has 0 bridgehead atoms. The molecular formula is C30H52O4. The maximum Gasteiger partial charge on any atom is 0.0693 e. The van der Waals surface area contributed by atoms with Crippen molar-refractivity contribution in [3.05, 3.63) is 0 Å². The highest BCUT2D eigenvalue weighted by atomic mass is 16.5. The van der Waals surface area contributed by atoms with Crippen LogP contribution in [0.15, 0.2) is 0 Å². The topological polar surface area (TPSA) is 69.9 Å². The van der Waals surface area contributed by atoms with Gasteiger partial charge in [0.05, 0.1) is 29.5 Å². The fourth-order valence-corrected chi connectivity index (χ4v) is 11.5. The first kappa shape index (κ1) is 25.5. The summed E-state index contributed by atoms with van der Waals surface area (Å²) in [6.07, 6.45) is 7.79. The summed E-state index contributed by atoms with van der Waals surface area (Å²) >= 11 is 0. The number of fused-ring (bicyclic) bond motifs is 5. The van der Waals surface area contributed by atoms with Crippen LogP contribution in [-0.4, -0.2) is 44.8 Å². The Balaban J connectivity index is 1.54. The number of aliphatic hydroxyl groups excluding tert-OH is 3. The number of ether oxygens (including phenoxy) is 1. The normalized spacial score (nSPS) is 58.5. The Kier molecular flexibility index (Phi) is 5.59. The van der Waals surface area contributed by atoms with Crippen molar-refractivity contribution in [2.24, 2.45) is 45.3 Å². The van der Waals surface area contributed by atoms with Crippen LogP contribution in [0.1, 0.15) is 113 Å². The predicted octanol–water partition coefficient (Wildman–Crippen LogP) is 5.71. The minimum Gasteiger partial charge on any atom is -0.393 e. The van der Waals surface area contributed by atoms with Crippen LogP contribution in [0.5, 0.6) is 0 Å². The molecule has 0 aromatic rings. The van der Waals surface area contributed by atoms with E-state index < -0.39 is 6.10 Å². The van der Waals surface area contributed by atoms with Crippen molar-refractivity contribution in [3.8, 4) is 0 Å². The van der Waals surface area contributed by atoms with E-state index in [9.17, 15) is 15.3 Å². The molecule has 0 amide bonds. The number of aliphatic hydroxyl groups is 3. The molecule has 0 unspecified atom stereocenters. The van der Waals surface area contributed by atoms with E-state index in [-0.39, 0.29) is 56.9 Å². The van der Waals surface area contributed by atoms with Gasteiger partial charge in [-0.3, -0.25) is 0 Å². The molecular weight excluding hydrogens is 424 g/mol. The lowest BCUT2D eigenvalue weighted by atomic mass is 9.34. The van der Waals surface area contributed by atoms with E-state index in [1.807, 2.05) is 0 Å². The van der Waals surface area contributed by atoms with Crippen LogP contribution >= 0.6 is 0 Å². The van der Waals surface area contributed by atoms with Crippen LogP contribution in [0, 0.1) is 45.3 Å².